The van der Waals surface area contributed by atoms with Crippen LogP contribution < -0.4 is 10.6 Å². The lowest BCUT2D eigenvalue weighted by molar-refractivity contribution is 0.0697. The zero-order chi connectivity index (χ0) is 22.8. The number of ether oxygens (including phenoxy) is 1. The lowest BCUT2D eigenvalue weighted by atomic mass is 10.1. The van der Waals surface area contributed by atoms with Crippen molar-refractivity contribution in [3.05, 3.63) is 54.1 Å². The summed E-state index contributed by atoms with van der Waals surface area (Å²) >= 11 is 0. The number of aromatic nitrogens is 6. The molecule has 0 aliphatic carbocycles. The van der Waals surface area contributed by atoms with Crippen LogP contribution >= 0.6 is 0 Å². The van der Waals surface area contributed by atoms with Gasteiger partial charge in [-0.25, -0.2) is 24.7 Å². The SMILES string of the molecule is Nc1ncc(-c2nc(N3CCOCC3)nc3c2ncn3CCc2ccc(C(=O)O)cc2)cn1. The minimum Gasteiger partial charge on any atom is -0.478 e. The normalized spacial score (nSPS) is 14.0. The Morgan fingerprint density at radius 3 is 2.48 bits per heavy atom. The monoisotopic (exact) mass is 446 g/mol. The molecule has 0 amide bonds. The summed E-state index contributed by atoms with van der Waals surface area (Å²) < 4.78 is 7.45. The summed E-state index contributed by atoms with van der Waals surface area (Å²) in [4.78, 5) is 35.6. The molecule has 0 spiro atoms. The van der Waals surface area contributed by atoms with E-state index in [0.29, 0.717) is 67.6 Å². The number of nitrogens with two attached hydrogens (primary N) is 1. The number of nitrogens with zero attached hydrogens (tertiary/aromatic N) is 7. The van der Waals surface area contributed by atoms with Crippen LogP contribution in [-0.2, 0) is 17.7 Å². The molecule has 3 N–H and O–H groups in total. The molecular formula is C22H22N8O3. The van der Waals surface area contributed by atoms with Gasteiger partial charge in [-0.2, -0.15) is 4.98 Å². The predicted octanol–water partition coefficient (Wildman–Crippen LogP) is 1.64. The van der Waals surface area contributed by atoms with Crippen molar-refractivity contribution in [3.63, 3.8) is 0 Å². The summed E-state index contributed by atoms with van der Waals surface area (Å²) in [5, 5.41) is 9.09. The van der Waals surface area contributed by atoms with Crippen LogP contribution in [0.4, 0.5) is 11.9 Å². The van der Waals surface area contributed by atoms with Gasteiger partial charge in [-0.05, 0) is 24.1 Å². The molecule has 168 valence electrons. The molecule has 1 aliphatic heterocycles. The third kappa shape index (κ3) is 4.30. The number of benzene rings is 1. The first-order valence-corrected chi connectivity index (χ1v) is 10.5. The first-order valence-electron chi connectivity index (χ1n) is 10.5. The van der Waals surface area contributed by atoms with Crippen molar-refractivity contribution in [2.75, 3.05) is 36.9 Å². The zero-order valence-corrected chi connectivity index (χ0v) is 17.8. The quantitative estimate of drug-likeness (QED) is 0.448. The second-order valence-corrected chi connectivity index (χ2v) is 7.66. The number of carboxylic acids is 1. The van der Waals surface area contributed by atoms with E-state index < -0.39 is 5.97 Å². The Hall–Kier alpha value is -4.12. The number of morpholine rings is 1. The average molecular weight is 446 g/mol. The predicted molar refractivity (Wildman–Crippen MR) is 121 cm³/mol. The highest BCUT2D eigenvalue weighted by Gasteiger charge is 2.20. The number of carbonyl (C=O) groups is 1. The number of aromatic carboxylic acids is 1. The summed E-state index contributed by atoms with van der Waals surface area (Å²) in [6.45, 7) is 3.27. The fourth-order valence-corrected chi connectivity index (χ4v) is 3.73. The molecule has 11 heteroatoms. The maximum Gasteiger partial charge on any atom is 0.335 e. The summed E-state index contributed by atoms with van der Waals surface area (Å²) in [6.07, 6.45) is 5.71. The Balaban J connectivity index is 1.50. The maximum atomic E-state index is 11.1. The molecule has 11 nitrogen and oxygen atoms in total. The molecule has 1 fully saturated rings. The fourth-order valence-electron chi connectivity index (χ4n) is 3.73. The molecule has 3 aromatic heterocycles. The number of hydrogen-bond acceptors (Lipinski definition) is 9. The molecule has 5 rings (SSSR count). The van der Waals surface area contributed by atoms with Crippen molar-refractivity contribution in [1.82, 2.24) is 29.5 Å². The number of imidazole rings is 1. The molecule has 1 aliphatic rings. The smallest absolute Gasteiger partial charge is 0.335 e. The minimum absolute atomic E-state index is 0.192. The maximum absolute atomic E-state index is 11.1. The van der Waals surface area contributed by atoms with E-state index in [1.54, 1.807) is 30.9 Å². The molecule has 4 heterocycles. The Morgan fingerprint density at radius 2 is 1.79 bits per heavy atom. The molecule has 0 radical (unpaired) electrons. The molecule has 4 aromatic rings. The van der Waals surface area contributed by atoms with Crippen molar-refractivity contribution in [1.29, 1.82) is 0 Å². The van der Waals surface area contributed by atoms with E-state index in [0.717, 1.165) is 5.56 Å². The number of fused-ring (bicyclic) bond motifs is 1. The van der Waals surface area contributed by atoms with Crippen LogP contribution in [0, 0.1) is 0 Å². The van der Waals surface area contributed by atoms with Gasteiger partial charge in [-0.15, -0.1) is 0 Å². The summed E-state index contributed by atoms with van der Waals surface area (Å²) in [5.74, 6) is -0.143. The van der Waals surface area contributed by atoms with Crippen LogP contribution in [0.5, 0.6) is 0 Å². The summed E-state index contributed by atoms with van der Waals surface area (Å²) in [6, 6.07) is 6.88. The van der Waals surface area contributed by atoms with E-state index in [-0.39, 0.29) is 11.5 Å². The molecule has 33 heavy (non-hydrogen) atoms. The molecule has 0 atom stereocenters. The number of carboxylic acid groups (broad SMARTS) is 1. The van der Waals surface area contributed by atoms with Gasteiger partial charge in [0, 0.05) is 37.6 Å². The van der Waals surface area contributed by atoms with Gasteiger partial charge in [0.2, 0.25) is 11.9 Å². The molecule has 1 saturated heterocycles. The fraction of sp³-hybridized carbons (Fsp3) is 0.273. The van der Waals surface area contributed by atoms with Crippen LogP contribution in [0.25, 0.3) is 22.4 Å². The van der Waals surface area contributed by atoms with Gasteiger partial charge in [0.05, 0.1) is 25.1 Å². The van der Waals surface area contributed by atoms with Gasteiger partial charge in [-0.1, -0.05) is 12.1 Å². The van der Waals surface area contributed by atoms with Crippen LogP contribution in [0.2, 0.25) is 0 Å². The number of anilines is 2. The van der Waals surface area contributed by atoms with E-state index >= 15 is 0 Å². The number of rotatable bonds is 6. The minimum atomic E-state index is -0.936. The third-order valence-corrected chi connectivity index (χ3v) is 5.53. The first-order chi connectivity index (χ1) is 16.1. The largest absolute Gasteiger partial charge is 0.478 e. The average Bonchev–Trinajstić information content (AvgIpc) is 3.26. The van der Waals surface area contributed by atoms with Gasteiger partial charge in [0.25, 0.3) is 0 Å². The summed E-state index contributed by atoms with van der Waals surface area (Å²) in [7, 11) is 0. The van der Waals surface area contributed by atoms with Crippen molar-refractivity contribution < 1.29 is 14.6 Å². The molecule has 0 bridgehead atoms. The third-order valence-electron chi connectivity index (χ3n) is 5.53. The van der Waals surface area contributed by atoms with E-state index in [4.69, 9.17) is 25.5 Å². The second kappa shape index (κ2) is 8.79. The van der Waals surface area contributed by atoms with Crippen molar-refractivity contribution in [2.45, 2.75) is 13.0 Å². The number of hydrogen-bond donors (Lipinski definition) is 2. The Morgan fingerprint density at radius 1 is 1.06 bits per heavy atom. The van der Waals surface area contributed by atoms with E-state index in [9.17, 15) is 4.79 Å². The summed E-state index contributed by atoms with van der Waals surface area (Å²) in [5.41, 5.74) is 9.67. The van der Waals surface area contributed by atoms with Crippen LogP contribution in [0.15, 0.2) is 43.0 Å². The van der Waals surface area contributed by atoms with Gasteiger partial charge >= 0.3 is 5.97 Å². The molecule has 0 saturated carbocycles. The van der Waals surface area contributed by atoms with Crippen molar-refractivity contribution in [2.24, 2.45) is 0 Å². The van der Waals surface area contributed by atoms with E-state index in [1.165, 1.54) is 0 Å². The van der Waals surface area contributed by atoms with E-state index in [2.05, 4.69) is 19.9 Å². The standard InChI is InChI=1S/C22H22N8O3/c23-21-24-11-16(12-25-21)17-18-19(28-22(27-17)29-7-9-33-10-8-29)30(13-26-18)6-5-14-1-3-15(4-2-14)20(31)32/h1-4,11-13H,5-10H2,(H,31,32)(H2,23,24,25). The van der Waals surface area contributed by atoms with Crippen molar-refractivity contribution >= 4 is 29.0 Å². The van der Waals surface area contributed by atoms with E-state index in [1.807, 2.05) is 16.7 Å². The van der Waals surface area contributed by atoms with Crippen LogP contribution in [0.3, 0.4) is 0 Å². The first kappa shape index (κ1) is 20.8. The highest BCUT2D eigenvalue weighted by molar-refractivity contribution is 5.88. The van der Waals surface area contributed by atoms with Crippen LogP contribution in [-0.4, -0.2) is 66.9 Å². The molecule has 0 unspecified atom stereocenters. The lowest BCUT2D eigenvalue weighted by Crippen LogP contribution is -2.37. The van der Waals surface area contributed by atoms with Gasteiger partial charge < -0.3 is 25.0 Å². The highest BCUT2D eigenvalue weighted by Crippen LogP contribution is 2.27. The van der Waals surface area contributed by atoms with Gasteiger partial charge in [0.1, 0.15) is 11.2 Å². The number of nitrogen functional groups attached to an aromatic ring is 1. The Labute approximate surface area is 188 Å². The Kier molecular flexibility index (Phi) is 5.53. The molecule has 1 aromatic carbocycles. The van der Waals surface area contributed by atoms with Gasteiger partial charge in [-0.3, -0.25) is 0 Å². The zero-order valence-electron chi connectivity index (χ0n) is 17.8. The van der Waals surface area contributed by atoms with Gasteiger partial charge in [0.15, 0.2) is 5.65 Å². The number of aryl methyl sites for hydroxylation is 2. The topological polar surface area (TPSA) is 145 Å². The molecular weight excluding hydrogens is 424 g/mol. The second-order valence-electron chi connectivity index (χ2n) is 7.66. The lowest BCUT2D eigenvalue weighted by Gasteiger charge is -2.27. The van der Waals surface area contributed by atoms with Crippen LogP contribution in [0.1, 0.15) is 15.9 Å². The Bertz CT molecular complexity index is 1280. The van der Waals surface area contributed by atoms with Crippen molar-refractivity contribution in [3.8, 4) is 11.3 Å². The highest BCUT2D eigenvalue weighted by atomic mass is 16.5.